The molecule has 0 spiro atoms. The van der Waals surface area contributed by atoms with Crippen molar-refractivity contribution in [3.05, 3.63) is 59.7 Å². The molecule has 2 aromatic rings. The normalized spacial score (nSPS) is 11.5. The molecular formula is C31H45ClN4O10. The third kappa shape index (κ3) is 16.0. The molecule has 15 heteroatoms. The van der Waals surface area contributed by atoms with E-state index in [0.29, 0.717) is 11.4 Å². The van der Waals surface area contributed by atoms with Crippen molar-refractivity contribution in [2.24, 2.45) is 5.73 Å². The first-order chi connectivity index (χ1) is 20.9. The second-order valence-electron chi connectivity index (χ2n) is 10.9. The van der Waals surface area contributed by atoms with Crippen LogP contribution < -0.4 is 20.9 Å². The number of aryl methyl sites for hydroxylation is 2. The summed E-state index contributed by atoms with van der Waals surface area (Å²) in [6.07, 6.45) is -2.02. The summed E-state index contributed by atoms with van der Waals surface area (Å²) >= 11 is 0. The zero-order valence-corrected chi connectivity index (χ0v) is 28.5. The summed E-state index contributed by atoms with van der Waals surface area (Å²) in [7, 11) is 3.11. The average molecular weight is 669 g/mol. The smallest absolute Gasteiger partial charge is 0.416 e. The van der Waals surface area contributed by atoms with Crippen molar-refractivity contribution in [1.82, 2.24) is 5.32 Å². The van der Waals surface area contributed by atoms with Crippen LogP contribution in [0.3, 0.4) is 0 Å². The molecule has 0 heterocycles. The van der Waals surface area contributed by atoms with Crippen molar-refractivity contribution in [1.29, 1.82) is 0 Å². The van der Waals surface area contributed by atoms with E-state index in [1.54, 1.807) is 59.1 Å². The predicted molar refractivity (Wildman–Crippen MR) is 174 cm³/mol. The van der Waals surface area contributed by atoms with Crippen molar-refractivity contribution in [3.8, 4) is 0 Å². The second kappa shape index (κ2) is 19.7. The molecule has 2 aromatic carbocycles. The Kier molecular flexibility index (Phi) is 17.8. The van der Waals surface area contributed by atoms with Gasteiger partial charge in [-0.1, -0.05) is 35.4 Å². The summed E-state index contributed by atoms with van der Waals surface area (Å²) in [5.41, 5.74) is 8.11. The number of nitrogens with two attached hydrogens (primary N) is 1. The van der Waals surface area contributed by atoms with Gasteiger partial charge >= 0.3 is 30.2 Å². The van der Waals surface area contributed by atoms with E-state index in [1.807, 2.05) is 38.1 Å². The molecule has 0 aromatic heterocycles. The van der Waals surface area contributed by atoms with Gasteiger partial charge in [0.1, 0.15) is 17.7 Å². The van der Waals surface area contributed by atoms with Gasteiger partial charge in [0, 0.05) is 25.5 Å². The van der Waals surface area contributed by atoms with E-state index in [9.17, 15) is 24.0 Å². The summed E-state index contributed by atoms with van der Waals surface area (Å²) in [4.78, 5) is 60.7. The number of benzene rings is 2. The topological polar surface area (TPSA) is 176 Å². The molecule has 0 unspecified atom stereocenters. The van der Waals surface area contributed by atoms with E-state index in [-0.39, 0.29) is 12.4 Å². The molecule has 3 N–H and O–H groups in total. The maximum atomic E-state index is 11.9. The molecule has 14 nitrogen and oxygen atoms in total. The number of carbonyl (C=O) groups excluding carboxylic acids is 5. The fourth-order valence-corrected chi connectivity index (χ4v) is 3.02. The molecule has 0 fully saturated rings. The van der Waals surface area contributed by atoms with Crippen LogP contribution in [0.15, 0.2) is 48.5 Å². The molecule has 3 amide bonds. The van der Waals surface area contributed by atoms with Crippen molar-refractivity contribution in [2.45, 2.75) is 66.2 Å². The van der Waals surface area contributed by atoms with E-state index in [1.165, 1.54) is 23.6 Å². The highest BCUT2D eigenvalue weighted by Gasteiger charge is 2.22. The number of hydrogen-bond acceptors (Lipinski definition) is 11. The Morgan fingerprint density at radius 1 is 0.717 bits per heavy atom. The van der Waals surface area contributed by atoms with Crippen LogP contribution in [0.25, 0.3) is 0 Å². The number of alkyl carbamates (subject to hydrolysis) is 1. The van der Waals surface area contributed by atoms with Gasteiger partial charge in [0.25, 0.3) is 0 Å². The number of ether oxygens (including phenoxy) is 5. The monoisotopic (exact) mass is 668 g/mol. The van der Waals surface area contributed by atoms with Crippen molar-refractivity contribution in [3.63, 3.8) is 0 Å². The number of anilines is 2. The average Bonchev–Trinajstić information content (AvgIpc) is 2.96. The number of esters is 2. The highest BCUT2D eigenvalue weighted by molar-refractivity contribution is 5.88. The molecule has 0 aliphatic heterocycles. The molecule has 0 aliphatic rings. The minimum absolute atomic E-state index is 0. The van der Waals surface area contributed by atoms with Crippen LogP contribution in [0.2, 0.25) is 0 Å². The number of rotatable bonds is 9. The quantitative estimate of drug-likeness (QED) is 0.213. The second-order valence-corrected chi connectivity index (χ2v) is 10.9. The third-order valence-corrected chi connectivity index (χ3v) is 5.62. The van der Waals surface area contributed by atoms with Gasteiger partial charge in [-0.05, 0) is 72.7 Å². The lowest BCUT2D eigenvalue weighted by Crippen LogP contribution is -2.42. The molecule has 0 bridgehead atoms. The van der Waals surface area contributed by atoms with Crippen LogP contribution in [-0.2, 0) is 33.3 Å². The molecule has 0 saturated heterocycles. The summed E-state index contributed by atoms with van der Waals surface area (Å²) in [5, 5.41) is 2.34. The largest absolute Gasteiger partial charge is 0.444 e. The first-order valence-corrected chi connectivity index (χ1v) is 13.9. The van der Waals surface area contributed by atoms with Crippen LogP contribution >= 0.6 is 12.4 Å². The van der Waals surface area contributed by atoms with Crippen molar-refractivity contribution >= 4 is 54.0 Å². The SMILES string of the molecule is Cc1ccc(N(C)C(=O)OCOC(=O)[C@H](C)N)cc1.Cc1ccc(N(C)C(=O)OCOC(=O)[C@H](C)NC(=O)OC(C)(C)C)cc1.Cl. The highest BCUT2D eigenvalue weighted by atomic mass is 35.5. The van der Waals surface area contributed by atoms with E-state index < -0.39 is 61.5 Å². The predicted octanol–water partition coefficient (Wildman–Crippen LogP) is 4.82. The number of nitrogens with one attached hydrogen (secondary N) is 1. The Morgan fingerprint density at radius 2 is 1.09 bits per heavy atom. The Labute approximate surface area is 275 Å². The van der Waals surface area contributed by atoms with E-state index in [0.717, 1.165) is 11.1 Å². The summed E-state index contributed by atoms with van der Waals surface area (Å²) in [5.74, 6) is -1.37. The maximum absolute atomic E-state index is 11.9. The van der Waals surface area contributed by atoms with Crippen LogP contribution in [0.4, 0.5) is 25.8 Å². The van der Waals surface area contributed by atoms with Gasteiger partial charge in [-0.15, -0.1) is 12.4 Å². The zero-order valence-electron chi connectivity index (χ0n) is 27.7. The first-order valence-electron chi connectivity index (χ1n) is 13.9. The van der Waals surface area contributed by atoms with Gasteiger partial charge in [-0.2, -0.15) is 0 Å². The molecule has 0 saturated carbocycles. The van der Waals surface area contributed by atoms with Gasteiger partial charge in [-0.25, -0.2) is 19.2 Å². The van der Waals surface area contributed by atoms with Crippen molar-refractivity contribution in [2.75, 3.05) is 37.5 Å². The van der Waals surface area contributed by atoms with Crippen LogP contribution in [-0.4, -0.2) is 75.6 Å². The zero-order chi connectivity index (χ0) is 34.3. The molecule has 0 aliphatic carbocycles. The van der Waals surface area contributed by atoms with Gasteiger partial charge in [0.05, 0.1) is 0 Å². The van der Waals surface area contributed by atoms with E-state index >= 15 is 0 Å². The number of halogens is 1. The summed E-state index contributed by atoms with van der Waals surface area (Å²) in [6.45, 7) is 10.9. The van der Waals surface area contributed by atoms with Crippen LogP contribution in [0.1, 0.15) is 45.7 Å². The number of hydrogen-bond donors (Lipinski definition) is 2. The third-order valence-electron chi connectivity index (χ3n) is 5.62. The standard InChI is InChI=1S/C18H26N2O6.C13H18N2O4.ClH/c1-12-7-9-14(10-8-12)20(6)17(23)25-11-24-15(21)13(2)19-16(22)26-18(3,4)5;1-9-4-6-11(7-5-9)15(3)13(17)19-8-18-12(16)10(2)14;/h7-10,13H,11H2,1-6H3,(H,19,22);4-7,10H,8,14H2,1-3H3;1H/t13-;10-;/m00./s1. The maximum Gasteiger partial charge on any atom is 0.416 e. The van der Waals surface area contributed by atoms with Crippen molar-refractivity contribution < 1.29 is 47.7 Å². The molecular weight excluding hydrogens is 624 g/mol. The Hall–Kier alpha value is -4.56. The van der Waals surface area contributed by atoms with E-state index in [2.05, 4.69) is 10.1 Å². The van der Waals surface area contributed by atoms with Gasteiger partial charge < -0.3 is 34.7 Å². The lowest BCUT2D eigenvalue weighted by atomic mass is 10.2. The Balaban J connectivity index is 0.000000902. The minimum atomic E-state index is -0.946. The molecule has 0 radical (unpaired) electrons. The minimum Gasteiger partial charge on any atom is -0.444 e. The highest BCUT2D eigenvalue weighted by Crippen LogP contribution is 2.15. The fourth-order valence-electron chi connectivity index (χ4n) is 3.02. The number of carbonyl (C=O) groups is 5. The van der Waals surface area contributed by atoms with Crippen LogP contribution in [0, 0.1) is 13.8 Å². The molecule has 256 valence electrons. The summed E-state index contributed by atoms with van der Waals surface area (Å²) in [6, 6.07) is 12.9. The summed E-state index contributed by atoms with van der Waals surface area (Å²) < 4.78 is 24.2. The molecule has 2 rings (SSSR count). The first kappa shape index (κ1) is 41.4. The van der Waals surface area contributed by atoms with Gasteiger partial charge in [0.15, 0.2) is 0 Å². The number of nitrogens with zero attached hydrogens (tertiary/aromatic N) is 2. The number of amides is 3. The molecule has 46 heavy (non-hydrogen) atoms. The van der Waals surface area contributed by atoms with Gasteiger partial charge in [-0.3, -0.25) is 14.6 Å². The lowest BCUT2D eigenvalue weighted by molar-refractivity contribution is -0.154. The lowest BCUT2D eigenvalue weighted by Gasteiger charge is -2.21. The van der Waals surface area contributed by atoms with E-state index in [4.69, 9.17) is 24.7 Å². The van der Waals surface area contributed by atoms with Crippen LogP contribution in [0.5, 0.6) is 0 Å². The fraction of sp³-hybridized carbons (Fsp3) is 0.452. The Morgan fingerprint density at radius 3 is 1.43 bits per heavy atom. The van der Waals surface area contributed by atoms with Gasteiger partial charge in [0.2, 0.25) is 13.6 Å². The molecule has 2 atom stereocenters. The Bertz CT molecular complexity index is 1280.